The van der Waals surface area contributed by atoms with Gasteiger partial charge < -0.3 is 28.6 Å². The number of carbonyl (C=O) groups is 3. The van der Waals surface area contributed by atoms with Crippen molar-refractivity contribution in [2.24, 2.45) is 0 Å². The molecule has 0 radical (unpaired) electrons. The van der Waals surface area contributed by atoms with Crippen molar-refractivity contribution < 1.29 is 38.2 Å². The lowest BCUT2D eigenvalue weighted by Crippen LogP contribution is -2.55. The minimum absolute atomic E-state index is 0.0392. The predicted octanol–water partition coefficient (Wildman–Crippen LogP) is 11.1. The Morgan fingerprint density at radius 1 is 0.527 bits per heavy atom. The maximum Gasteiger partial charge on any atom is 0.306 e. The van der Waals surface area contributed by atoms with E-state index < -0.39 is 18.1 Å². The second-order valence-corrected chi connectivity index (χ2v) is 16.6. The number of allylic oxidation sites excluding steroid dienone is 4. The average Bonchev–Trinajstić information content (AvgIpc) is 3.14. The predicted molar refractivity (Wildman–Crippen MR) is 227 cm³/mol. The first-order chi connectivity index (χ1) is 26.6. The molecule has 0 bridgehead atoms. The first-order valence-electron chi connectivity index (χ1n) is 22.9. The monoisotopic (exact) mass is 778 g/mol. The summed E-state index contributed by atoms with van der Waals surface area (Å²) in [5, 5.41) is 11.6. The number of hydrogen-bond donors (Lipinski definition) is 0. The molecule has 0 amide bonds. The number of carboxylic acid groups (broad SMARTS) is 1. The standard InChI is InChI=1S/C47H87NO7/c1-6-8-10-12-14-16-18-20-22-24-25-27-29-31-33-35-37-45(49)54-42-43(41-53-40-39-44(47(51)52)48(3,4)5)55-46(50)38-36-34-32-30-28-26-23-21-19-17-15-13-11-9-7-2/h17,19,22,24,43-44H,6-16,18,20-21,23,25-42H2,1-5H3/b19-17+,24-22+. The topological polar surface area (TPSA) is 102 Å². The Balaban J connectivity index is 4.33. The van der Waals surface area contributed by atoms with Gasteiger partial charge in [-0.15, -0.1) is 0 Å². The minimum Gasteiger partial charge on any atom is -0.544 e. The van der Waals surface area contributed by atoms with Crippen LogP contribution in [0, 0.1) is 0 Å². The Hall–Kier alpha value is -2.19. The Bertz CT molecular complexity index is 957. The van der Waals surface area contributed by atoms with Gasteiger partial charge >= 0.3 is 11.9 Å². The average molecular weight is 778 g/mol. The molecule has 0 heterocycles. The third kappa shape index (κ3) is 37.2. The largest absolute Gasteiger partial charge is 0.544 e. The molecule has 0 aliphatic rings. The zero-order chi connectivity index (χ0) is 40.7. The van der Waals surface area contributed by atoms with Crippen molar-refractivity contribution in [3.63, 3.8) is 0 Å². The molecule has 0 spiro atoms. The van der Waals surface area contributed by atoms with Gasteiger partial charge in [0.2, 0.25) is 0 Å². The van der Waals surface area contributed by atoms with E-state index in [0.717, 1.165) is 51.4 Å². The zero-order valence-electron chi connectivity index (χ0n) is 36.6. The quantitative estimate of drug-likeness (QED) is 0.0264. The fourth-order valence-electron chi connectivity index (χ4n) is 6.71. The molecule has 0 saturated heterocycles. The van der Waals surface area contributed by atoms with Crippen LogP contribution in [0.3, 0.4) is 0 Å². The highest BCUT2D eigenvalue weighted by molar-refractivity contribution is 5.70. The first-order valence-corrected chi connectivity index (χ1v) is 22.9. The van der Waals surface area contributed by atoms with Crippen LogP contribution in [0.5, 0.6) is 0 Å². The summed E-state index contributed by atoms with van der Waals surface area (Å²) in [4.78, 5) is 36.9. The van der Waals surface area contributed by atoms with Crippen molar-refractivity contribution in [3.05, 3.63) is 24.3 Å². The molecule has 0 aromatic carbocycles. The van der Waals surface area contributed by atoms with E-state index in [1.54, 1.807) is 21.1 Å². The van der Waals surface area contributed by atoms with Crippen molar-refractivity contribution >= 4 is 17.9 Å². The molecule has 55 heavy (non-hydrogen) atoms. The number of aliphatic carboxylic acids is 1. The van der Waals surface area contributed by atoms with E-state index in [0.29, 0.717) is 12.8 Å². The van der Waals surface area contributed by atoms with Crippen LogP contribution in [0.1, 0.15) is 206 Å². The molecule has 0 aliphatic heterocycles. The van der Waals surface area contributed by atoms with Gasteiger partial charge in [-0.2, -0.15) is 0 Å². The maximum atomic E-state index is 12.7. The van der Waals surface area contributed by atoms with Crippen LogP contribution >= 0.6 is 0 Å². The van der Waals surface area contributed by atoms with E-state index in [4.69, 9.17) is 14.2 Å². The highest BCUT2D eigenvalue weighted by atomic mass is 16.6. The van der Waals surface area contributed by atoms with Crippen LogP contribution in [-0.4, -0.2) is 75.5 Å². The number of rotatable bonds is 41. The summed E-state index contributed by atoms with van der Waals surface area (Å²) in [6.45, 7) is 4.65. The van der Waals surface area contributed by atoms with Crippen LogP contribution < -0.4 is 5.11 Å². The molecule has 0 N–H and O–H groups in total. The highest BCUT2D eigenvalue weighted by Crippen LogP contribution is 2.14. The number of hydrogen-bond acceptors (Lipinski definition) is 7. The van der Waals surface area contributed by atoms with E-state index in [2.05, 4.69) is 38.2 Å². The van der Waals surface area contributed by atoms with Crippen LogP contribution in [0.4, 0.5) is 0 Å². The van der Waals surface area contributed by atoms with Gasteiger partial charge in [0.15, 0.2) is 6.10 Å². The van der Waals surface area contributed by atoms with Gasteiger partial charge in [-0.3, -0.25) is 9.59 Å². The number of likely N-dealkylation sites (N-methyl/N-ethyl adjacent to an activating group) is 1. The van der Waals surface area contributed by atoms with Gasteiger partial charge in [-0.1, -0.05) is 147 Å². The fourth-order valence-corrected chi connectivity index (χ4v) is 6.71. The summed E-state index contributed by atoms with van der Waals surface area (Å²) in [6.07, 6.45) is 41.9. The number of esters is 2. The normalized spacial score (nSPS) is 13.1. The highest BCUT2D eigenvalue weighted by Gasteiger charge is 2.25. The van der Waals surface area contributed by atoms with Crippen LogP contribution in [0.2, 0.25) is 0 Å². The number of ether oxygens (including phenoxy) is 3. The van der Waals surface area contributed by atoms with Gasteiger partial charge in [-0.25, -0.2) is 0 Å². The van der Waals surface area contributed by atoms with Crippen molar-refractivity contribution in [2.45, 2.75) is 219 Å². The summed E-state index contributed by atoms with van der Waals surface area (Å²) in [5.41, 5.74) is 0. The molecule has 0 aromatic heterocycles. The van der Waals surface area contributed by atoms with Crippen molar-refractivity contribution in [3.8, 4) is 0 Å². The minimum atomic E-state index is -1.13. The summed E-state index contributed by atoms with van der Waals surface area (Å²) in [5.74, 6) is -1.74. The molecular formula is C47H87NO7. The first kappa shape index (κ1) is 52.8. The zero-order valence-corrected chi connectivity index (χ0v) is 36.6. The molecule has 0 aromatic rings. The van der Waals surface area contributed by atoms with Crippen molar-refractivity contribution in [1.29, 1.82) is 0 Å². The molecule has 2 unspecified atom stereocenters. The lowest BCUT2D eigenvalue weighted by molar-refractivity contribution is -0.889. The van der Waals surface area contributed by atoms with Crippen molar-refractivity contribution in [2.75, 3.05) is 41.0 Å². The van der Waals surface area contributed by atoms with Gasteiger partial charge in [0.1, 0.15) is 12.6 Å². The second-order valence-electron chi connectivity index (χ2n) is 16.6. The van der Waals surface area contributed by atoms with Crippen LogP contribution in [0.15, 0.2) is 24.3 Å². The molecule has 322 valence electrons. The molecule has 8 heteroatoms. The van der Waals surface area contributed by atoms with Crippen molar-refractivity contribution in [1.82, 2.24) is 0 Å². The summed E-state index contributed by atoms with van der Waals surface area (Å²) >= 11 is 0. The number of unbranched alkanes of at least 4 members (excludes halogenated alkanes) is 23. The van der Waals surface area contributed by atoms with E-state index in [1.165, 1.54) is 122 Å². The Morgan fingerprint density at radius 2 is 0.909 bits per heavy atom. The SMILES string of the molecule is CCCCCC/C=C/CCCCCCCCCC(=O)OC(COCCC(C(=O)[O-])[N+](C)(C)C)COC(=O)CCCCCCC/C=C/CCCCCCCCC. The molecular weight excluding hydrogens is 691 g/mol. The molecule has 8 nitrogen and oxygen atoms in total. The third-order valence-electron chi connectivity index (χ3n) is 10.3. The molecule has 0 saturated carbocycles. The molecule has 0 aliphatic carbocycles. The lowest BCUT2D eigenvalue weighted by Gasteiger charge is -2.34. The number of carbonyl (C=O) groups excluding carboxylic acids is 3. The molecule has 0 rings (SSSR count). The van der Waals surface area contributed by atoms with E-state index in [9.17, 15) is 19.5 Å². The third-order valence-corrected chi connectivity index (χ3v) is 10.3. The summed E-state index contributed by atoms with van der Waals surface area (Å²) in [7, 11) is 5.41. The summed E-state index contributed by atoms with van der Waals surface area (Å²) in [6, 6.07) is -0.725. The van der Waals surface area contributed by atoms with E-state index in [1.807, 2.05) is 0 Å². The summed E-state index contributed by atoms with van der Waals surface area (Å²) < 4.78 is 17.2. The molecule has 0 fully saturated rings. The van der Waals surface area contributed by atoms with E-state index in [-0.39, 0.29) is 42.7 Å². The van der Waals surface area contributed by atoms with Crippen LogP contribution in [-0.2, 0) is 28.6 Å². The van der Waals surface area contributed by atoms with E-state index >= 15 is 0 Å². The number of carboxylic acids is 1. The van der Waals surface area contributed by atoms with Crippen LogP contribution in [0.25, 0.3) is 0 Å². The van der Waals surface area contributed by atoms with Gasteiger partial charge in [-0.05, 0) is 64.2 Å². The van der Waals surface area contributed by atoms with Gasteiger partial charge in [0.25, 0.3) is 0 Å². The lowest BCUT2D eigenvalue weighted by atomic mass is 10.1. The maximum absolute atomic E-state index is 12.7. The fraction of sp³-hybridized carbons (Fsp3) is 0.851. The Labute approximate surface area is 339 Å². The van der Waals surface area contributed by atoms with Gasteiger partial charge in [0.05, 0.1) is 40.3 Å². The van der Waals surface area contributed by atoms with Gasteiger partial charge in [0, 0.05) is 19.3 Å². The molecule has 2 atom stereocenters. The number of nitrogens with zero attached hydrogens (tertiary/aromatic N) is 1. The Kier molecular flexibility index (Phi) is 37.1. The second kappa shape index (κ2) is 38.7. The Morgan fingerprint density at radius 3 is 1.33 bits per heavy atom. The number of quaternary nitrogens is 1. The smallest absolute Gasteiger partial charge is 0.306 e.